The summed E-state index contributed by atoms with van der Waals surface area (Å²) < 4.78 is 18.0. The van der Waals surface area contributed by atoms with E-state index in [1.165, 1.54) is 13.1 Å². The molecule has 0 aliphatic carbocycles. The molecule has 0 fully saturated rings. The third kappa shape index (κ3) is 3.99. The van der Waals surface area contributed by atoms with E-state index in [9.17, 15) is 10.1 Å². The van der Waals surface area contributed by atoms with Crippen molar-refractivity contribution in [2.75, 3.05) is 32.0 Å². The second kappa shape index (κ2) is 8.84. The Morgan fingerprint density at radius 2 is 1.70 bits per heavy atom. The first-order valence-corrected chi connectivity index (χ1v) is 9.94. The number of aromatic nitrogens is 3. The molecule has 2 heterocycles. The lowest BCUT2D eigenvalue weighted by Gasteiger charge is -2.15. The van der Waals surface area contributed by atoms with Gasteiger partial charge in [0, 0.05) is 23.9 Å². The fraction of sp³-hybridized carbons (Fsp3) is 0.174. The first kappa shape index (κ1) is 21.6. The van der Waals surface area contributed by atoms with Crippen molar-refractivity contribution in [2.24, 2.45) is 0 Å². The summed E-state index contributed by atoms with van der Waals surface area (Å²) in [6, 6.07) is 13.0. The lowest BCUT2D eigenvalue weighted by molar-refractivity contribution is -0.114. The number of imidazole rings is 1. The maximum atomic E-state index is 11.3. The fourth-order valence-corrected chi connectivity index (χ4v) is 3.53. The minimum atomic E-state index is -0.145. The topological polar surface area (TPSA) is 126 Å². The van der Waals surface area contributed by atoms with Gasteiger partial charge in [-0.05, 0) is 36.4 Å². The fourth-order valence-electron chi connectivity index (χ4n) is 3.53. The number of nitriles is 1. The number of aromatic amines is 1. The third-order valence-electron chi connectivity index (χ3n) is 5.00. The minimum absolute atomic E-state index is 0.145. The van der Waals surface area contributed by atoms with Crippen LogP contribution in [0.3, 0.4) is 0 Å². The number of benzene rings is 2. The molecule has 4 rings (SSSR count). The first-order valence-electron chi connectivity index (χ1n) is 9.94. The highest BCUT2D eigenvalue weighted by atomic mass is 16.5. The molecular weight excluding hydrogens is 424 g/mol. The molecule has 33 heavy (non-hydrogen) atoms. The van der Waals surface area contributed by atoms with E-state index in [2.05, 4.69) is 26.8 Å². The van der Waals surface area contributed by atoms with Crippen molar-refractivity contribution in [1.29, 1.82) is 5.26 Å². The van der Waals surface area contributed by atoms with Gasteiger partial charge in [0.2, 0.25) is 11.7 Å². The Morgan fingerprint density at radius 1 is 1.06 bits per heavy atom. The molecule has 0 unspecified atom stereocenters. The van der Waals surface area contributed by atoms with Crippen LogP contribution in [0.2, 0.25) is 0 Å². The summed E-state index contributed by atoms with van der Waals surface area (Å²) in [4.78, 5) is 14.6. The molecule has 0 aliphatic heterocycles. The molecule has 0 saturated heterocycles. The molecule has 1 amide bonds. The smallest absolute Gasteiger partial charge is 0.221 e. The molecular formula is C23H22N6O4. The third-order valence-corrected chi connectivity index (χ3v) is 5.00. The van der Waals surface area contributed by atoms with Gasteiger partial charge >= 0.3 is 0 Å². The van der Waals surface area contributed by atoms with Gasteiger partial charge in [-0.3, -0.25) is 4.79 Å². The van der Waals surface area contributed by atoms with Gasteiger partial charge in [-0.2, -0.15) is 14.9 Å². The predicted octanol–water partition coefficient (Wildman–Crippen LogP) is 3.93. The predicted molar refractivity (Wildman–Crippen MR) is 123 cm³/mol. The van der Waals surface area contributed by atoms with Crippen LogP contribution in [0.4, 0.5) is 17.2 Å². The highest BCUT2D eigenvalue weighted by molar-refractivity contribution is 5.89. The Labute approximate surface area is 189 Å². The van der Waals surface area contributed by atoms with Crippen molar-refractivity contribution in [3.63, 3.8) is 0 Å². The summed E-state index contributed by atoms with van der Waals surface area (Å²) in [5.74, 6) is 1.91. The Morgan fingerprint density at radius 3 is 2.24 bits per heavy atom. The molecule has 2 aromatic carbocycles. The van der Waals surface area contributed by atoms with Crippen molar-refractivity contribution in [3.8, 4) is 34.6 Å². The number of nitrogens with one attached hydrogen (secondary N) is 3. The van der Waals surface area contributed by atoms with E-state index in [-0.39, 0.29) is 5.91 Å². The van der Waals surface area contributed by atoms with E-state index in [1.54, 1.807) is 38.0 Å². The second-order valence-corrected chi connectivity index (χ2v) is 7.08. The number of nitrogens with zero attached hydrogens (tertiary/aromatic N) is 3. The normalized spacial score (nSPS) is 10.5. The molecule has 4 aromatic rings. The number of hydrogen-bond acceptors (Lipinski definition) is 7. The molecule has 0 aliphatic rings. The number of anilines is 3. The van der Waals surface area contributed by atoms with E-state index in [4.69, 9.17) is 14.2 Å². The van der Waals surface area contributed by atoms with E-state index in [0.717, 1.165) is 11.3 Å². The van der Waals surface area contributed by atoms with Gasteiger partial charge in [-0.25, -0.2) is 0 Å². The number of amides is 1. The molecule has 0 atom stereocenters. The van der Waals surface area contributed by atoms with Crippen LogP contribution in [-0.4, -0.2) is 41.8 Å². The number of carbonyl (C=O) groups excluding carboxylic acids is 1. The Hall–Kier alpha value is -4.65. The lowest BCUT2D eigenvalue weighted by Crippen LogP contribution is -2.05. The summed E-state index contributed by atoms with van der Waals surface area (Å²) >= 11 is 0. The van der Waals surface area contributed by atoms with Gasteiger partial charge in [0.15, 0.2) is 23.0 Å². The van der Waals surface area contributed by atoms with Gasteiger partial charge < -0.3 is 29.8 Å². The molecule has 0 radical (unpaired) electrons. The summed E-state index contributed by atoms with van der Waals surface area (Å²) in [6.07, 6.45) is 1.50. The highest BCUT2D eigenvalue weighted by Crippen LogP contribution is 2.43. The number of carbonyl (C=O) groups is 1. The largest absolute Gasteiger partial charge is 0.493 e. The van der Waals surface area contributed by atoms with Crippen LogP contribution in [0.1, 0.15) is 12.5 Å². The van der Waals surface area contributed by atoms with Crippen LogP contribution in [0, 0.1) is 11.3 Å². The summed E-state index contributed by atoms with van der Waals surface area (Å²) in [5.41, 5.74) is 3.78. The van der Waals surface area contributed by atoms with E-state index < -0.39 is 0 Å². The van der Waals surface area contributed by atoms with Crippen LogP contribution in [0.15, 0.2) is 42.6 Å². The number of methoxy groups -OCH3 is 3. The highest BCUT2D eigenvalue weighted by Gasteiger charge is 2.21. The van der Waals surface area contributed by atoms with Gasteiger partial charge in [0.1, 0.15) is 11.6 Å². The van der Waals surface area contributed by atoms with E-state index in [0.29, 0.717) is 45.7 Å². The summed E-state index contributed by atoms with van der Waals surface area (Å²) in [6.45, 7) is 1.46. The van der Waals surface area contributed by atoms with E-state index in [1.807, 2.05) is 24.3 Å². The average molecular weight is 446 g/mol. The SMILES string of the molecule is COc1cc(-c2[nH]c3c(C#N)cnn3c2Nc2ccc(NC(C)=O)cc2)cc(OC)c1OC. The van der Waals surface area contributed by atoms with Gasteiger partial charge in [0.25, 0.3) is 0 Å². The molecule has 0 bridgehead atoms. The number of rotatable bonds is 7. The molecule has 10 heteroatoms. The maximum Gasteiger partial charge on any atom is 0.221 e. The first-order chi connectivity index (χ1) is 16.0. The summed E-state index contributed by atoms with van der Waals surface area (Å²) in [5, 5.41) is 19.9. The zero-order valence-electron chi connectivity index (χ0n) is 18.5. The average Bonchev–Trinajstić information content (AvgIpc) is 3.38. The van der Waals surface area contributed by atoms with Crippen molar-refractivity contribution in [2.45, 2.75) is 6.92 Å². The summed E-state index contributed by atoms with van der Waals surface area (Å²) in [7, 11) is 4.64. The van der Waals surface area contributed by atoms with Crippen molar-refractivity contribution >= 4 is 28.7 Å². The van der Waals surface area contributed by atoms with Crippen LogP contribution in [0.25, 0.3) is 16.9 Å². The quantitative estimate of drug-likeness (QED) is 0.393. The zero-order valence-corrected chi connectivity index (χ0v) is 18.5. The van der Waals surface area contributed by atoms with Crippen LogP contribution in [-0.2, 0) is 4.79 Å². The second-order valence-electron chi connectivity index (χ2n) is 7.08. The Balaban J connectivity index is 1.84. The molecule has 0 saturated carbocycles. The monoisotopic (exact) mass is 446 g/mol. The van der Waals surface area contributed by atoms with Gasteiger partial charge in [-0.1, -0.05) is 0 Å². The van der Waals surface area contributed by atoms with Crippen LogP contribution in [0.5, 0.6) is 17.2 Å². The van der Waals surface area contributed by atoms with Gasteiger partial charge in [-0.15, -0.1) is 0 Å². The van der Waals surface area contributed by atoms with Crippen molar-refractivity contribution in [3.05, 3.63) is 48.2 Å². The van der Waals surface area contributed by atoms with Crippen LogP contribution >= 0.6 is 0 Å². The molecule has 168 valence electrons. The number of hydrogen-bond donors (Lipinski definition) is 3. The molecule has 3 N–H and O–H groups in total. The van der Waals surface area contributed by atoms with Crippen molar-refractivity contribution in [1.82, 2.24) is 14.6 Å². The maximum absolute atomic E-state index is 11.3. The van der Waals surface area contributed by atoms with Crippen molar-refractivity contribution < 1.29 is 19.0 Å². The lowest BCUT2D eigenvalue weighted by atomic mass is 10.1. The minimum Gasteiger partial charge on any atom is -0.493 e. The van der Waals surface area contributed by atoms with E-state index >= 15 is 0 Å². The standard InChI is InChI=1S/C23H22N6O4/c1-13(30)26-16-5-7-17(8-6-16)27-23-20(28-22-15(11-24)12-25-29(22)23)14-9-18(31-2)21(33-4)19(10-14)32-3/h5-10,12,27-28H,1-4H3,(H,26,30). The number of ether oxygens (including phenoxy) is 3. The molecule has 2 aromatic heterocycles. The Bertz CT molecular complexity index is 1340. The van der Waals surface area contributed by atoms with Crippen LogP contribution < -0.4 is 24.8 Å². The molecule has 10 nitrogen and oxygen atoms in total. The molecule has 0 spiro atoms. The zero-order chi connectivity index (χ0) is 23.5. The number of fused-ring (bicyclic) bond motifs is 1. The number of H-pyrrole nitrogens is 1. The Kier molecular flexibility index (Phi) is 5.78. The van der Waals surface area contributed by atoms with Gasteiger partial charge in [0.05, 0.1) is 33.2 Å².